The fourth-order valence-corrected chi connectivity index (χ4v) is 2.87. The number of hydrogen-bond donors (Lipinski definition) is 1. The van der Waals surface area contributed by atoms with Crippen LogP contribution in [0.2, 0.25) is 0 Å². The summed E-state index contributed by atoms with van der Waals surface area (Å²) in [6.07, 6.45) is 3.60. The minimum Gasteiger partial charge on any atom is -0.381 e. The van der Waals surface area contributed by atoms with Crippen LogP contribution in [-0.4, -0.2) is 34.4 Å². The molecule has 1 aliphatic rings. The van der Waals surface area contributed by atoms with Crippen LogP contribution in [0.4, 0.5) is 0 Å². The lowest BCUT2D eigenvalue weighted by Gasteiger charge is -2.22. The van der Waals surface area contributed by atoms with Crippen molar-refractivity contribution >= 4 is 9.84 Å². The predicted octanol–water partition coefficient (Wildman–Crippen LogP) is 1.61. The number of nitrogens with one attached hydrogen (secondary N) is 1. The fraction of sp³-hybridized carbons (Fsp3) is 0.571. The van der Waals surface area contributed by atoms with Crippen molar-refractivity contribution in [2.75, 3.05) is 26.0 Å². The van der Waals surface area contributed by atoms with Gasteiger partial charge in [0.05, 0.1) is 11.5 Å². The Hall–Kier alpha value is -0.910. The summed E-state index contributed by atoms with van der Waals surface area (Å²) in [6.45, 7) is 3.46. The second kappa shape index (κ2) is 6.50. The Bertz CT molecular complexity index is 490. The molecule has 4 nitrogen and oxygen atoms in total. The Labute approximate surface area is 115 Å². The van der Waals surface area contributed by atoms with E-state index in [4.69, 9.17) is 4.74 Å². The van der Waals surface area contributed by atoms with Crippen molar-refractivity contribution in [3.63, 3.8) is 0 Å². The van der Waals surface area contributed by atoms with Crippen molar-refractivity contribution in [1.82, 2.24) is 5.32 Å². The van der Waals surface area contributed by atoms with Crippen LogP contribution in [0.3, 0.4) is 0 Å². The Morgan fingerprint density at radius 1 is 1.32 bits per heavy atom. The highest BCUT2D eigenvalue weighted by molar-refractivity contribution is 7.90. The standard InChI is InChI=1S/C14H21NO3S/c1-19(16,17)14-6-4-12(5-7-14)9-15-10-13-3-2-8-18-11-13/h4-7,13,15H,2-3,8-11H2,1H3. The van der Waals surface area contributed by atoms with E-state index < -0.39 is 9.84 Å². The molecule has 0 aromatic heterocycles. The lowest BCUT2D eigenvalue weighted by molar-refractivity contribution is 0.0547. The van der Waals surface area contributed by atoms with E-state index in [9.17, 15) is 8.42 Å². The first kappa shape index (κ1) is 14.5. The minimum absolute atomic E-state index is 0.372. The molecule has 1 heterocycles. The van der Waals surface area contributed by atoms with E-state index in [2.05, 4.69) is 5.32 Å². The van der Waals surface area contributed by atoms with Gasteiger partial charge in [-0.05, 0) is 36.5 Å². The molecule has 1 aromatic rings. The largest absolute Gasteiger partial charge is 0.381 e. The molecular weight excluding hydrogens is 262 g/mol. The molecule has 1 aliphatic heterocycles. The van der Waals surface area contributed by atoms with E-state index in [-0.39, 0.29) is 0 Å². The van der Waals surface area contributed by atoms with Crippen LogP contribution in [0.5, 0.6) is 0 Å². The summed E-state index contributed by atoms with van der Waals surface area (Å²) in [6, 6.07) is 7.05. The maximum atomic E-state index is 11.3. The van der Waals surface area contributed by atoms with Crippen molar-refractivity contribution in [3.8, 4) is 0 Å². The van der Waals surface area contributed by atoms with E-state index in [0.29, 0.717) is 10.8 Å². The van der Waals surface area contributed by atoms with Gasteiger partial charge >= 0.3 is 0 Å². The van der Waals surface area contributed by atoms with Gasteiger partial charge < -0.3 is 10.1 Å². The van der Waals surface area contributed by atoms with E-state index >= 15 is 0 Å². The summed E-state index contributed by atoms with van der Waals surface area (Å²) in [4.78, 5) is 0.372. The highest BCUT2D eigenvalue weighted by Crippen LogP contribution is 2.13. The Morgan fingerprint density at radius 2 is 2.05 bits per heavy atom. The summed E-state index contributed by atoms with van der Waals surface area (Å²) >= 11 is 0. The molecule has 0 spiro atoms. The molecule has 0 aliphatic carbocycles. The Balaban J connectivity index is 1.80. The van der Waals surface area contributed by atoms with Gasteiger partial charge in [-0.15, -0.1) is 0 Å². The number of hydrogen-bond acceptors (Lipinski definition) is 4. The third-order valence-corrected chi connectivity index (χ3v) is 4.50. The quantitative estimate of drug-likeness (QED) is 0.892. The average molecular weight is 283 g/mol. The molecule has 1 atom stereocenters. The van der Waals surface area contributed by atoms with Gasteiger partial charge in [-0.2, -0.15) is 0 Å². The van der Waals surface area contributed by atoms with E-state index in [1.807, 2.05) is 12.1 Å². The maximum Gasteiger partial charge on any atom is 0.175 e. The van der Waals surface area contributed by atoms with Gasteiger partial charge in [-0.3, -0.25) is 0 Å². The zero-order valence-electron chi connectivity index (χ0n) is 11.3. The highest BCUT2D eigenvalue weighted by atomic mass is 32.2. The summed E-state index contributed by atoms with van der Waals surface area (Å²) in [5.74, 6) is 0.601. The van der Waals surface area contributed by atoms with Crippen molar-refractivity contribution < 1.29 is 13.2 Å². The van der Waals surface area contributed by atoms with Crippen molar-refractivity contribution in [1.29, 1.82) is 0 Å². The highest BCUT2D eigenvalue weighted by Gasteiger charge is 2.13. The predicted molar refractivity (Wildman–Crippen MR) is 74.8 cm³/mol. The second-order valence-electron chi connectivity index (χ2n) is 5.13. The van der Waals surface area contributed by atoms with Gasteiger partial charge in [0.1, 0.15) is 0 Å². The van der Waals surface area contributed by atoms with Crippen molar-refractivity contribution in [2.24, 2.45) is 5.92 Å². The van der Waals surface area contributed by atoms with Gasteiger partial charge in [-0.1, -0.05) is 12.1 Å². The van der Waals surface area contributed by atoms with E-state index in [1.165, 1.54) is 12.7 Å². The van der Waals surface area contributed by atoms with Crippen molar-refractivity contribution in [3.05, 3.63) is 29.8 Å². The molecule has 1 unspecified atom stereocenters. The number of sulfone groups is 1. The van der Waals surface area contributed by atoms with Crippen LogP contribution in [0.25, 0.3) is 0 Å². The van der Waals surface area contributed by atoms with Crippen LogP contribution < -0.4 is 5.32 Å². The zero-order chi connectivity index (χ0) is 13.7. The molecule has 106 valence electrons. The number of rotatable bonds is 5. The lowest BCUT2D eigenvalue weighted by Crippen LogP contribution is -2.28. The third-order valence-electron chi connectivity index (χ3n) is 3.37. The van der Waals surface area contributed by atoms with E-state index in [0.717, 1.165) is 38.3 Å². The molecule has 5 heteroatoms. The van der Waals surface area contributed by atoms with E-state index in [1.54, 1.807) is 12.1 Å². The van der Waals surface area contributed by atoms with Crippen LogP contribution in [0.15, 0.2) is 29.2 Å². The molecule has 1 N–H and O–H groups in total. The van der Waals surface area contributed by atoms with Crippen LogP contribution in [0.1, 0.15) is 18.4 Å². The summed E-state index contributed by atoms with van der Waals surface area (Å²) < 4.78 is 28.1. The molecule has 1 saturated heterocycles. The topological polar surface area (TPSA) is 55.4 Å². The second-order valence-corrected chi connectivity index (χ2v) is 7.15. The SMILES string of the molecule is CS(=O)(=O)c1ccc(CNCC2CCCOC2)cc1. The molecule has 2 rings (SSSR count). The lowest BCUT2D eigenvalue weighted by atomic mass is 10.0. The van der Waals surface area contributed by atoms with Crippen LogP contribution >= 0.6 is 0 Å². The average Bonchev–Trinajstić information content (AvgIpc) is 2.39. The number of benzene rings is 1. The van der Waals surface area contributed by atoms with Crippen LogP contribution in [-0.2, 0) is 21.1 Å². The summed E-state index contributed by atoms with van der Waals surface area (Å²) in [7, 11) is -3.09. The molecule has 0 saturated carbocycles. The first-order valence-electron chi connectivity index (χ1n) is 6.63. The van der Waals surface area contributed by atoms with Gasteiger partial charge in [0, 0.05) is 26.0 Å². The van der Waals surface area contributed by atoms with Crippen LogP contribution in [0, 0.1) is 5.92 Å². The molecule has 1 fully saturated rings. The molecule has 1 aromatic carbocycles. The summed E-state index contributed by atoms with van der Waals surface area (Å²) in [5, 5.41) is 3.40. The smallest absolute Gasteiger partial charge is 0.175 e. The van der Waals surface area contributed by atoms with Gasteiger partial charge in [0.15, 0.2) is 9.84 Å². The minimum atomic E-state index is -3.09. The van der Waals surface area contributed by atoms with Gasteiger partial charge in [0.2, 0.25) is 0 Å². The Morgan fingerprint density at radius 3 is 2.63 bits per heavy atom. The van der Waals surface area contributed by atoms with Gasteiger partial charge in [-0.25, -0.2) is 8.42 Å². The first-order valence-corrected chi connectivity index (χ1v) is 8.52. The molecule has 19 heavy (non-hydrogen) atoms. The Kier molecular flexibility index (Phi) is 4.96. The molecular formula is C14H21NO3S. The normalized spacial score (nSPS) is 20.4. The molecule has 0 amide bonds. The van der Waals surface area contributed by atoms with Crippen molar-refractivity contribution in [2.45, 2.75) is 24.3 Å². The molecule has 0 radical (unpaired) electrons. The summed E-state index contributed by atoms with van der Waals surface area (Å²) in [5.41, 5.74) is 1.10. The monoisotopic (exact) mass is 283 g/mol. The fourth-order valence-electron chi connectivity index (χ4n) is 2.24. The maximum absolute atomic E-state index is 11.3. The number of ether oxygens (including phenoxy) is 1. The molecule has 0 bridgehead atoms. The first-order chi connectivity index (χ1) is 9.05. The zero-order valence-corrected chi connectivity index (χ0v) is 12.1. The third kappa shape index (κ3) is 4.60. The van der Waals surface area contributed by atoms with Gasteiger partial charge in [0.25, 0.3) is 0 Å².